The summed E-state index contributed by atoms with van der Waals surface area (Å²) in [4.78, 5) is 26.2. The monoisotopic (exact) mass is 401 g/mol. The molecule has 0 spiro atoms. The molecule has 150 valence electrons. The number of nitriles is 1. The van der Waals surface area contributed by atoms with E-state index in [1.807, 2.05) is 6.07 Å². The number of hydrogen-bond donors (Lipinski definition) is 1. The average molecular weight is 401 g/mol. The molecule has 1 aliphatic rings. The van der Waals surface area contributed by atoms with E-state index in [1.54, 1.807) is 24.3 Å². The molecule has 7 nitrogen and oxygen atoms in total. The molecular formula is C20H17F2N3O4. The Bertz CT molecular complexity index is 959. The van der Waals surface area contributed by atoms with Crippen molar-refractivity contribution >= 4 is 11.9 Å². The van der Waals surface area contributed by atoms with E-state index in [0.29, 0.717) is 16.9 Å². The maximum atomic E-state index is 12.8. The quantitative estimate of drug-likeness (QED) is 0.720. The number of nitrogens with one attached hydrogen (secondary N) is 1. The van der Waals surface area contributed by atoms with Crippen LogP contribution in [0.15, 0.2) is 48.5 Å². The molecule has 1 atom stereocenters. The van der Waals surface area contributed by atoms with Crippen LogP contribution in [-0.4, -0.2) is 36.6 Å². The van der Waals surface area contributed by atoms with Gasteiger partial charge in [-0.15, -0.1) is 0 Å². The van der Waals surface area contributed by atoms with Gasteiger partial charge in [-0.05, 0) is 42.8 Å². The third kappa shape index (κ3) is 4.27. The summed E-state index contributed by atoms with van der Waals surface area (Å²) in [7, 11) is 0. The summed E-state index contributed by atoms with van der Waals surface area (Å²) in [6, 6.07) is 13.4. The Morgan fingerprint density at radius 2 is 1.90 bits per heavy atom. The number of amides is 3. The van der Waals surface area contributed by atoms with Gasteiger partial charge in [0.25, 0.3) is 5.91 Å². The number of imide groups is 1. The highest BCUT2D eigenvalue weighted by molar-refractivity contribution is 6.07. The summed E-state index contributed by atoms with van der Waals surface area (Å²) in [6.07, 6.45) is 0. The molecule has 29 heavy (non-hydrogen) atoms. The fourth-order valence-electron chi connectivity index (χ4n) is 2.98. The summed E-state index contributed by atoms with van der Waals surface area (Å²) >= 11 is 0. The van der Waals surface area contributed by atoms with Gasteiger partial charge < -0.3 is 14.8 Å². The van der Waals surface area contributed by atoms with Crippen molar-refractivity contribution in [2.75, 3.05) is 13.2 Å². The van der Waals surface area contributed by atoms with Gasteiger partial charge in [-0.25, -0.2) is 4.79 Å². The molecule has 0 bridgehead atoms. The van der Waals surface area contributed by atoms with Gasteiger partial charge in [0.1, 0.15) is 23.6 Å². The molecule has 1 heterocycles. The summed E-state index contributed by atoms with van der Waals surface area (Å²) in [5, 5.41) is 11.5. The van der Waals surface area contributed by atoms with Crippen molar-refractivity contribution < 1.29 is 27.8 Å². The van der Waals surface area contributed by atoms with E-state index < -0.39 is 24.1 Å². The summed E-state index contributed by atoms with van der Waals surface area (Å²) in [5.74, 6) is -0.0816. The number of halogens is 2. The summed E-state index contributed by atoms with van der Waals surface area (Å²) in [5.41, 5.74) is -0.465. The number of carbonyl (C=O) groups excluding carboxylic acids is 2. The van der Waals surface area contributed by atoms with E-state index in [-0.39, 0.29) is 18.9 Å². The predicted molar refractivity (Wildman–Crippen MR) is 97.3 cm³/mol. The first-order valence-corrected chi connectivity index (χ1v) is 8.66. The fourth-order valence-corrected chi connectivity index (χ4v) is 2.98. The maximum absolute atomic E-state index is 12.8. The second-order valence-electron chi connectivity index (χ2n) is 6.40. The molecule has 2 aromatic carbocycles. The topological polar surface area (TPSA) is 91.7 Å². The number of benzene rings is 2. The molecule has 1 saturated heterocycles. The van der Waals surface area contributed by atoms with E-state index in [4.69, 9.17) is 10.00 Å². The predicted octanol–water partition coefficient (Wildman–Crippen LogP) is 3.01. The standard InChI is InChI=1S/C20H17F2N3O4/c1-20(14-5-7-15(8-6-14)29-18(21)22)17(26)25(19(27)24-20)9-10-28-16-4-2-3-13(11-16)12-23/h2-8,11,18H,9-10H2,1H3,(H,24,27)/t20-/m1/s1. The highest BCUT2D eigenvalue weighted by Crippen LogP contribution is 2.30. The fraction of sp³-hybridized carbons (Fsp3) is 0.250. The third-order valence-electron chi connectivity index (χ3n) is 4.48. The molecule has 0 aromatic heterocycles. The Labute approximate surface area is 165 Å². The Hall–Kier alpha value is -3.67. The first-order chi connectivity index (χ1) is 13.8. The van der Waals surface area contributed by atoms with Gasteiger partial charge in [0.05, 0.1) is 18.2 Å². The van der Waals surface area contributed by atoms with E-state index in [2.05, 4.69) is 10.1 Å². The van der Waals surface area contributed by atoms with Crippen molar-refractivity contribution in [2.24, 2.45) is 0 Å². The van der Waals surface area contributed by atoms with Crippen LogP contribution in [0.3, 0.4) is 0 Å². The van der Waals surface area contributed by atoms with Crippen LogP contribution in [0.2, 0.25) is 0 Å². The lowest BCUT2D eigenvalue weighted by Crippen LogP contribution is -2.41. The van der Waals surface area contributed by atoms with Crippen LogP contribution in [0, 0.1) is 11.3 Å². The van der Waals surface area contributed by atoms with Crippen molar-refractivity contribution in [3.8, 4) is 17.6 Å². The van der Waals surface area contributed by atoms with Crippen molar-refractivity contribution in [3.05, 3.63) is 59.7 Å². The molecule has 0 radical (unpaired) electrons. The molecule has 0 unspecified atom stereocenters. The molecule has 1 fully saturated rings. The van der Waals surface area contributed by atoms with Crippen LogP contribution in [0.4, 0.5) is 13.6 Å². The molecule has 0 aliphatic carbocycles. The van der Waals surface area contributed by atoms with Crippen LogP contribution in [0.5, 0.6) is 11.5 Å². The minimum absolute atomic E-state index is 0.00359. The van der Waals surface area contributed by atoms with Crippen molar-refractivity contribution in [2.45, 2.75) is 19.1 Å². The molecule has 0 saturated carbocycles. The first-order valence-electron chi connectivity index (χ1n) is 8.66. The largest absolute Gasteiger partial charge is 0.492 e. The number of carbonyl (C=O) groups is 2. The highest BCUT2D eigenvalue weighted by atomic mass is 19.3. The minimum atomic E-state index is -2.95. The van der Waals surface area contributed by atoms with Gasteiger partial charge in [-0.2, -0.15) is 14.0 Å². The van der Waals surface area contributed by atoms with E-state index in [9.17, 15) is 18.4 Å². The number of ether oxygens (including phenoxy) is 2. The van der Waals surface area contributed by atoms with Gasteiger partial charge in [0.15, 0.2) is 0 Å². The van der Waals surface area contributed by atoms with Crippen LogP contribution >= 0.6 is 0 Å². The van der Waals surface area contributed by atoms with Crippen LogP contribution < -0.4 is 14.8 Å². The Balaban J connectivity index is 1.66. The van der Waals surface area contributed by atoms with Gasteiger partial charge >= 0.3 is 12.6 Å². The van der Waals surface area contributed by atoms with Crippen molar-refractivity contribution in [1.29, 1.82) is 5.26 Å². The number of rotatable bonds is 7. The first kappa shape index (κ1) is 20.1. The van der Waals surface area contributed by atoms with Crippen molar-refractivity contribution in [1.82, 2.24) is 10.2 Å². The number of alkyl halides is 2. The SMILES string of the molecule is C[C@]1(c2ccc(OC(F)F)cc2)NC(=O)N(CCOc2cccc(C#N)c2)C1=O. The summed E-state index contributed by atoms with van der Waals surface area (Å²) < 4.78 is 34.4. The Morgan fingerprint density at radius 3 is 2.55 bits per heavy atom. The van der Waals surface area contributed by atoms with Crippen LogP contribution in [0.25, 0.3) is 0 Å². The van der Waals surface area contributed by atoms with Crippen LogP contribution in [0.1, 0.15) is 18.1 Å². The normalized spacial score (nSPS) is 18.5. The Kier molecular flexibility index (Phi) is 5.64. The highest BCUT2D eigenvalue weighted by Gasteiger charge is 2.48. The number of nitrogens with zero attached hydrogens (tertiary/aromatic N) is 2. The molecule has 1 aliphatic heterocycles. The molecule has 1 N–H and O–H groups in total. The lowest BCUT2D eigenvalue weighted by molar-refractivity contribution is -0.131. The van der Waals surface area contributed by atoms with E-state index in [1.165, 1.54) is 31.2 Å². The van der Waals surface area contributed by atoms with Gasteiger partial charge in [-0.3, -0.25) is 9.69 Å². The van der Waals surface area contributed by atoms with E-state index in [0.717, 1.165) is 4.90 Å². The lowest BCUT2D eigenvalue weighted by atomic mass is 9.92. The molecule has 9 heteroatoms. The Morgan fingerprint density at radius 1 is 1.17 bits per heavy atom. The summed E-state index contributed by atoms with van der Waals surface area (Å²) in [6.45, 7) is -1.36. The lowest BCUT2D eigenvalue weighted by Gasteiger charge is -2.22. The smallest absolute Gasteiger partial charge is 0.387 e. The van der Waals surface area contributed by atoms with Gasteiger partial charge in [-0.1, -0.05) is 18.2 Å². The molecular weight excluding hydrogens is 384 g/mol. The second kappa shape index (κ2) is 8.14. The molecule has 2 aromatic rings. The van der Waals surface area contributed by atoms with Crippen molar-refractivity contribution in [3.63, 3.8) is 0 Å². The maximum Gasteiger partial charge on any atom is 0.387 e. The zero-order valence-corrected chi connectivity index (χ0v) is 15.4. The van der Waals surface area contributed by atoms with Gasteiger partial charge in [0, 0.05) is 0 Å². The molecule has 3 rings (SSSR count). The zero-order valence-electron chi connectivity index (χ0n) is 15.4. The zero-order chi connectivity index (χ0) is 21.0. The number of hydrogen-bond acceptors (Lipinski definition) is 5. The van der Waals surface area contributed by atoms with Gasteiger partial charge in [0.2, 0.25) is 0 Å². The number of urea groups is 1. The minimum Gasteiger partial charge on any atom is -0.492 e. The van der Waals surface area contributed by atoms with E-state index >= 15 is 0 Å². The third-order valence-corrected chi connectivity index (χ3v) is 4.48. The second-order valence-corrected chi connectivity index (χ2v) is 6.40. The average Bonchev–Trinajstić information content (AvgIpc) is 2.92. The van der Waals surface area contributed by atoms with Crippen LogP contribution in [-0.2, 0) is 10.3 Å². The molecule has 3 amide bonds.